The van der Waals surface area contributed by atoms with Crippen LogP contribution in [0.15, 0.2) is 47.3 Å². The largest absolute Gasteiger partial charge is 0.378 e. The average Bonchev–Trinajstić information content (AvgIpc) is 2.97. The van der Waals surface area contributed by atoms with Crippen molar-refractivity contribution in [2.45, 2.75) is 52.2 Å². The zero-order chi connectivity index (χ0) is 30.1. The average molecular weight is 600 g/mol. The summed E-state index contributed by atoms with van der Waals surface area (Å²) in [5, 5.41) is 3.12. The van der Waals surface area contributed by atoms with Crippen LogP contribution >= 0.6 is 11.6 Å². The molecular formula is C30H32ClF2N5O4. The molecule has 0 aliphatic carbocycles. The number of carbonyl (C=O) groups is 2. The van der Waals surface area contributed by atoms with Crippen molar-refractivity contribution >= 4 is 29.4 Å². The van der Waals surface area contributed by atoms with Crippen LogP contribution in [0.1, 0.15) is 64.7 Å². The predicted octanol–water partition coefficient (Wildman–Crippen LogP) is 4.70. The number of anilines is 1. The van der Waals surface area contributed by atoms with E-state index < -0.39 is 23.9 Å². The molecule has 1 aromatic heterocycles. The number of aromatic nitrogens is 2. The van der Waals surface area contributed by atoms with E-state index in [0.29, 0.717) is 54.8 Å². The molecule has 2 aliphatic heterocycles. The number of nitrogens with one attached hydrogen (secondary N) is 1. The van der Waals surface area contributed by atoms with Gasteiger partial charge in [-0.1, -0.05) is 11.6 Å². The number of nitrogens with zero attached hydrogens (tertiary/aromatic N) is 4. The standard InChI is InChI=1S/C30H32ClF2N5O4/c1-17(2)34-30-35-25-16-37(28(40)20-6-9-24(31)22(15-20)26(32)33)18(3)14-23(25)29(41)38(30)21-7-4-19(5-8-21)27(39)36-10-12-42-13-11-36/h4-9,15,17-18,26H,10-14,16H2,1-3H3,(H,34,35)/t18-/m1/s1. The topological polar surface area (TPSA) is 96.8 Å². The van der Waals surface area contributed by atoms with Crippen LogP contribution in [-0.2, 0) is 17.7 Å². The van der Waals surface area contributed by atoms with Crippen LogP contribution in [0.25, 0.3) is 5.69 Å². The smallest absolute Gasteiger partial charge is 0.265 e. The monoisotopic (exact) mass is 599 g/mol. The summed E-state index contributed by atoms with van der Waals surface area (Å²) in [6, 6.07) is 10.2. The lowest BCUT2D eigenvalue weighted by atomic mass is 9.98. The second kappa shape index (κ2) is 12.2. The van der Waals surface area contributed by atoms with Crippen LogP contribution in [0, 0.1) is 0 Å². The Kier molecular flexibility index (Phi) is 8.60. The van der Waals surface area contributed by atoms with Crippen LogP contribution < -0.4 is 10.9 Å². The number of benzene rings is 2. The molecule has 2 aromatic carbocycles. The SMILES string of the molecule is CC(C)Nc1nc2c(c(=O)n1-c1ccc(C(=O)N3CCOCC3)cc1)C[C@@H](C)N(C(=O)c1ccc(Cl)c(C(F)F)c1)C2. The Morgan fingerprint density at radius 3 is 2.36 bits per heavy atom. The number of hydrogen-bond donors (Lipinski definition) is 1. The molecule has 5 rings (SSSR count). The molecule has 2 amide bonds. The second-order valence-electron chi connectivity index (χ2n) is 10.8. The molecule has 0 radical (unpaired) electrons. The lowest BCUT2D eigenvalue weighted by molar-refractivity contribution is 0.0303. The normalized spacial score (nSPS) is 17.0. The fraction of sp³-hybridized carbons (Fsp3) is 0.400. The molecule has 2 aliphatic rings. The van der Waals surface area contributed by atoms with Gasteiger partial charge in [-0.3, -0.25) is 14.4 Å². The molecule has 1 N–H and O–H groups in total. The Labute approximate surface area is 247 Å². The third-order valence-electron chi connectivity index (χ3n) is 7.44. The first kappa shape index (κ1) is 29.7. The quantitative estimate of drug-likeness (QED) is 0.441. The number of ether oxygens (including phenoxy) is 1. The number of alkyl halides is 2. The van der Waals surface area contributed by atoms with Crippen molar-refractivity contribution in [1.82, 2.24) is 19.4 Å². The van der Waals surface area contributed by atoms with Gasteiger partial charge in [-0.15, -0.1) is 0 Å². The van der Waals surface area contributed by atoms with Crippen molar-refractivity contribution in [2.75, 3.05) is 31.6 Å². The molecule has 9 nitrogen and oxygen atoms in total. The molecule has 0 unspecified atom stereocenters. The first-order valence-electron chi connectivity index (χ1n) is 13.8. The van der Waals surface area contributed by atoms with Gasteiger partial charge in [-0.25, -0.2) is 18.3 Å². The van der Waals surface area contributed by atoms with Gasteiger partial charge in [0, 0.05) is 52.4 Å². The molecule has 1 saturated heterocycles. The molecule has 0 saturated carbocycles. The van der Waals surface area contributed by atoms with Crippen LogP contribution in [0.5, 0.6) is 0 Å². The van der Waals surface area contributed by atoms with Crippen molar-refractivity contribution in [2.24, 2.45) is 0 Å². The number of halogens is 3. The Bertz CT molecular complexity index is 1550. The minimum absolute atomic E-state index is 0.0395. The highest BCUT2D eigenvalue weighted by atomic mass is 35.5. The Hall–Kier alpha value is -3.83. The number of rotatable bonds is 6. The minimum atomic E-state index is -2.82. The summed E-state index contributed by atoms with van der Waals surface area (Å²) < 4.78 is 33.7. The summed E-state index contributed by atoms with van der Waals surface area (Å²) in [5.41, 5.74) is 1.37. The van der Waals surface area contributed by atoms with E-state index in [9.17, 15) is 23.2 Å². The van der Waals surface area contributed by atoms with E-state index in [1.165, 1.54) is 21.6 Å². The lowest BCUT2D eigenvalue weighted by Gasteiger charge is -2.35. The van der Waals surface area contributed by atoms with Crippen LogP contribution in [0.2, 0.25) is 5.02 Å². The van der Waals surface area contributed by atoms with Crippen LogP contribution in [0.3, 0.4) is 0 Å². The van der Waals surface area contributed by atoms with Gasteiger partial charge in [0.05, 0.1) is 31.1 Å². The van der Waals surface area contributed by atoms with E-state index in [1.807, 2.05) is 13.8 Å². The van der Waals surface area contributed by atoms with E-state index in [4.69, 9.17) is 21.3 Å². The fourth-order valence-corrected chi connectivity index (χ4v) is 5.44. The van der Waals surface area contributed by atoms with Crippen molar-refractivity contribution in [3.63, 3.8) is 0 Å². The molecule has 0 bridgehead atoms. The molecular weight excluding hydrogens is 568 g/mol. The van der Waals surface area contributed by atoms with Gasteiger partial charge in [0.2, 0.25) is 5.95 Å². The summed E-state index contributed by atoms with van der Waals surface area (Å²) in [4.78, 5) is 48.3. The van der Waals surface area contributed by atoms with Crippen molar-refractivity contribution in [1.29, 1.82) is 0 Å². The number of hydrogen-bond acceptors (Lipinski definition) is 6. The maximum atomic E-state index is 13.9. The number of amides is 2. The summed E-state index contributed by atoms with van der Waals surface area (Å²) in [6.07, 6.45) is -2.58. The third-order valence-corrected chi connectivity index (χ3v) is 7.79. The molecule has 0 spiro atoms. The molecule has 12 heteroatoms. The third kappa shape index (κ3) is 5.89. The predicted molar refractivity (Wildman–Crippen MR) is 155 cm³/mol. The van der Waals surface area contributed by atoms with Gasteiger partial charge in [0.25, 0.3) is 23.8 Å². The second-order valence-corrected chi connectivity index (χ2v) is 11.2. The van der Waals surface area contributed by atoms with E-state index in [-0.39, 0.29) is 41.1 Å². The molecule has 42 heavy (non-hydrogen) atoms. The van der Waals surface area contributed by atoms with Crippen molar-refractivity contribution in [3.05, 3.63) is 85.8 Å². The maximum Gasteiger partial charge on any atom is 0.265 e. The molecule has 222 valence electrons. The fourth-order valence-electron chi connectivity index (χ4n) is 5.24. The molecule has 1 atom stereocenters. The van der Waals surface area contributed by atoms with Gasteiger partial charge in [-0.2, -0.15) is 0 Å². The zero-order valence-electron chi connectivity index (χ0n) is 23.6. The van der Waals surface area contributed by atoms with Gasteiger partial charge in [-0.05, 0) is 69.7 Å². The number of morpholine rings is 1. The molecule has 1 fully saturated rings. The van der Waals surface area contributed by atoms with Crippen molar-refractivity contribution < 1.29 is 23.1 Å². The van der Waals surface area contributed by atoms with E-state index >= 15 is 0 Å². The van der Waals surface area contributed by atoms with E-state index in [2.05, 4.69) is 5.32 Å². The molecule has 3 heterocycles. The highest BCUT2D eigenvalue weighted by Crippen LogP contribution is 2.30. The highest BCUT2D eigenvalue weighted by Gasteiger charge is 2.32. The van der Waals surface area contributed by atoms with E-state index in [1.54, 1.807) is 36.1 Å². The first-order chi connectivity index (χ1) is 20.0. The Balaban J connectivity index is 1.48. The van der Waals surface area contributed by atoms with E-state index in [0.717, 1.165) is 6.07 Å². The van der Waals surface area contributed by atoms with Gasteiger partial charge in [0.15, 0.2) is 0 Å². The minimum Gasteiger partial charge on any atom is -0.378 e. The summed E-state index contributed by atoms with van der Waals surface area (Å²) in [7, 11) is 0. The van der Waals surface area contributed by atoms with Gasteiger partial charge >= 0.3 is 0 Å². The highest BCUT2D eigenvalue weighted by molar-refractivity contribution is 6.31. The summed E-state index contributed by atoms with van der Waals surface area (Å²) in [5.74, 6) is -0.243. The summed E-state index contributed by atoms with van der Waals surface area (Å²) in [6.45, 7) is 7.74. The number of fused-ring (bicyclic) bond motifs is 1. The van der Waals surface area contributed by atoms with Gasteiger partial charge in [0.1, 0.15) is 0 Å². The number of carbonyl (C=O) groups excluding carboxylic acids is 2. The van der Waals surface area contributed by atoms with Crippen LogP contribution in [-0.4, -0.2) is 69.6 Å². The Morgan fingerprint density at radius 1 is 1.05 bits per heavy atom. The summed E-state index contributed by atoms with van der Waals surface area (Å²) >= 11 is 5.90. The Morgan fingerprint density at radius 2 is 1.71 bits per heavy atom. The molecule has 3 aromatic rings. The first-order valence-corrected chi connectivity index (χ1v) is 14.2. The maximum absolute atomic E-state index is 13.9. The van der Waals surface area contributed by atoms with Gasteiger partial charge < -0.3 is 19.9 Å². The zero-order valence-corrected chi connectivity index (χ0v) is 24.3. The van der Waals surface area contributed by atoms with Crippen LogP contribution in [0.4, 0.5) is 14.7 Å². The van der Waals surface area contributed by atoms with Crippen molar-refractivity contribution in [3.8, 4) is 5.69 Å². The lowest BCUT2D eigenvalue weighted by Crippen LogP contribution is -2.46.